The molecule has 2 atom stereocenters. The van der Waals surface area contributed by atoms with Crippen LogP contribution in [0.4, 0.5) is 0 Å². The standard InChI is InChI=1S/C15H16N2/c16-14-10-13(11-5-2-1-3-6-11)9-12-7-4-8-17-15(12)14/h1-8,13-14H,9-10,16H2/t13-,14+/m0/s1. The van der Waals surface area contributed by atoms with Gasteiger partial charge in [-0.2, -0.15) is 0 Å². The number of benzene rings is 1. The van der Waals surface area contributed by atoms with Gasteiger partial charge in [-0.1, -0.05) is 36.4 Å². The molecule has 1 aromatic heterocycles. The number of pyridine rings is 1. The molecule has 1 heterocycles. The van der Waals surface area contributed by atoms with Gasteiger partial charge in [-0.3, -0.25) is 4.98 Å². The fourth-order valence-electron chi connectivity index (χ4n) is 2.70. The second-order valence-electron chi connectivity index (χ2n) is 4.70. The van der Waals surface area contributed by atoms with Crippen LogP contribution in [0.2, 0.25) is 0 Å². The highest BCUT2D eigenvalue weighted by atomic mass is 14.8. The third-order valence-electron chi connectivity index (χ3n) is 3.55. The summed E-state index contributed by atoms with van der Waals surface area (Å²) in [6.45, 7) is 0. The highest BCUT2D eigenvalue weighted by Crippen LogP contribution is 2.35. The third kappa shape index (κ3) is 1.96. The first-order chi connectivity index (χ1) is 8.34. The molecule has 2 N–H and O–H groups in total. The van der Waals surface area contributed by atoms with E-state index < -0.39 is 0 Å². The van der Waals surface area contributed by atoms with Crippen LogP contribution in [0, 0.1) is 0 Å². The molecule has 0 aliphatic heterocycles. The minimum Gasteiger partial charge on any atom is -0.323 e. The monoisotopic (exact) mass is 224 g/mol. The molecule has 2 aromatic rings. The predicted molar refractivity (Wildman–Crippen MR) is 68.7 cm³/mol. The zero-order valence-corrected chi connectivity index (χ0v) is 9.71. The van der Waals surface area contributed by atoms with Crippen molar-refractivity contribution < 1.29 is 0 Å². The zero-order chi connectivity index (χ0) is 11.7. The minimum atomic E-state index is 0.0742. The topological polar surface area (TPSA) is 38.9 Å². The Labute approximate surface area is 102 Å². The Morgan fingerprint density at radius 2 is 1.88 bits per heavy atom. The molecule has 1 aliphatic rings. The number of rotatable bonds is 1. The Morgan fingerprint density at radius 3 is 2.71 bits per heavy atom. The highest BCUT2D eigenvalue weighted by molar-refractivity contribution is 5.31. The quantitative estimate of drug-likeness (QED) is 0.809. The van der Waals surface area contributed by atoms with E-state index in [9.17, 15) is 0 Å². The molecule has 0 amide bonds. The molecule has 17 heavy (non-hydrogen) atoms. The van der Waals surface area contributed by atoms with Crippen molar-refractivity contribution in [1.29, 1.82) is 0 Å². The molecule has 3 rings (SSSR count). The van der Waals surface area contributed by atoms with E-state index in [4.69, 9.17) is 5.73 Å². The lowest BCUT2D eigenvalue weighted by Gasteiger charge is -2.28. The summed E-state index contributed by atoms with van der Waals surface area (Å²) in [6.07, 6.45) is 3.89. The van der Waals surface area contributed by atoms with Crippen molar-refractivity contribution in [2.45, 2.75) is 24.8 Å². The van der Waals surface area contributed by atoms with Gasteiger partial charge >= 0.3 is 0 Å². The van der Waals surface area contributed by atoms with E-state index in [-0.39, 0.29) is 6.04 Å². The minimum absolute atomic E-state index is 0.0742. The van der Waals surface area contributed by atoms with Gasteiger partial charge in [0, 0.05) is 12.2 Å². The summed E-state index contributed by atoms with van der Waals surface area (Å²) in [4.78, 5) is 4.40. The van der Waals surface area contributed by atoms with Gasteiger partial charge in [0.2, 0.25) is 0 Å². The van der Waals surface area contributed by atoms with Crippen molar-refractivity contribution in [3.8, 4) is 0 Å². The summed E-state index contributed by atoms with van der Waals surface area (Å²) in [5.41, 5.74) is 9.99. The van der Waals surface area contributed by atoms with Crippen LogP contribution in [0.5, 0.6) is 0 Å². The van der Waals surface area contributed by atoms with E-state index in [1.807, 2.05) is 12.3 Å². The average Bonchev–Trinajstić information content (AvgIpc) is 2.40. The van der Waals surface area contributed by atoms with Crippen LogP contribution in [0.15, 0.2) is 48.7 Å². The lowest BCUT2D eigenvalue weighted by Crippen LogP contribution is -2.24. The lowest BCUT2D eigenvalue weighted by atomic mass is 9.80. The van der Waals surface area contributed by atoms with Crippen LogP contribution in [0.1, 0.15) is 35.2 Å². The lowest BCUT2D eigenvalue weighted by molar-refractivity contribution is 0.492. The number of aromatic nitrogens is 1. The van der Waals surface area contributed by atoms with E-state index in [1.54, 1.807) is 0 Å². The summed E-state index contributed by atoms with van der Waals surface area (Å²) in [6, 6.07) is 14.9. The summed E-state index contributed by atoms with van der Waals surface area (Å²) in [7, 11) is 0. The average molecular weight is 224 g/mol. The van der Waals surface area contributed by atoms with E-state index >= 15 is 0 Å². The van der Waals surface area contributed by atoms with Crippen molar-refractivity contribution >= 4 is 0 Å². The number of nitrogens with two attached hydrogens (primary N) is 1. The van der Waals surface area contributed by atoms with Gasteiger partial charge in [-0.15, -0.1) is 0 Å². The van der Waals surface area contributed by atoms with Crippen molar-refractivity contribution in [3.63, 3.8) is 0 Å². The van der Waals surface area contributed by atoms with Crippen molar-refractivity contribution in [1.82, 2.24) is 4.98 Å². The fourth-order valence-corrected chi connectivity index (χ4v) is 2.70. The second-order valence-corrected chi connectivity index (χ2v) is 4.70. The van der Waals surface area contributed by atoms with Crippen LogP contribution in [-0.2, 0) is 6.42 Å². The van der Waals surface area contributed by atoms with Crippen molar-refractivity contribution in [2.24, 2.45) is 5.73 Å². The molecule has 86 valence electrons. The van der Waals surface area contributed by atoms with Crippen LogP contribution < -0.4 is 5.73 Å². The van der Waals surface area contributed by atoms with Crippen LogP contribution in [0.3, 0.4) is 0 Å². The Kier molecular flexibility index (Phi) is 2.65. The molecule has 2 nitrogen and oxygen atoms in total. The van der Waals surface area contributed by atoms with Gasteiger partial charge < -0.3 is 5.73 Å². The van der Waals surface area contributed by atoms with Gasteiger partial charge in [-0.25, -0.2) is 0 Å². The van der Waals surface area contributed by atoms with E-state index in [2.05, 4.69) is 41.4 Å². The Hall–Kier alpha value is -1.67. The summed E-state index contributed by atoms with van der Waals surface area (Å²) in [5, 5.41) is 0. The van der Waals surface area contributed by atoms with E-state index in [0.29, 0.717) is 5.92 Å². The maximum absolute atomic E-state index is 6.21. The maximum Gasteiger partial charge on any atom is 0.0603 e. The maximum atomic E-state index is 6.21. The third-order valence-corrected chi connectivity index (χ3v) is 3.55. The molecular formula is C15H16N2. The first-order valence-corrected chi connectivity index (χ1v) is 6.09. The summed E-state index contributed by atoms with van der Waals surface area (Å²) < 4.78 is 0. The van der Waals surface area contributed by atoms with Gasteiger partial charge in [0.05, 0.1) is 5.69 Å². The predicted octanol–water partition coefficient (Wildman–Crippen LogP) is 2.81. The van der Waals surface area contributed by atoms with Crippen molar-refractivity contribution in [3.05, 3.63) is 65.5 Å². The van der Waals surface area contributed by atoms with E-state index in [0.717, 1.165) is 18.5 Å². The van der Waals surface area contributed by atoms with E-state index in [1.165, 1.54) is 11.1 Å². The molecular weight excluding hydrogens is 208 g/mol. The van der Waals surface area contributed by atoms with Crippen molar-refractivity contribution in [2.75, 3.05) is 0 Å². The molecule has 0 fully saturated rings. The van der Waals surface area contributed by atoms with Crippen LogP contribution in [0.25, 0.3) is 0 Å². The first kappa shape index (κ1) is 10.5. The molecule has 0 unspecified atom stereocenters. The zero-order valence-electron chi connectivity index (χ0n) is 9.71. The Morgan fingerprint density at radius 1 is 1.06 bits per heavy atom. The van der Waals surface area contributed by atoms with Gasteiger partial charge in [0.1, 0.15) is 0 Å². The smallest absolute Gasteiger partial charge is 0.0603 e. The molecule has 2 heteroatoms. The number of hydrogen-bond donors (Lipinski definition) is 1. The molecule has 0 saturated carbocycles. The molecule has 1 aliphatic carbocycles. The largest absolute Gasteiger partial charge is 0.323 e. The summed E-state index contributed by atoms with van der Waals surface area (Å²) >= 11 is 0. The molecule has 0 radical (unpaired) electrons. The highest BCUT2D eigenvalue weighted by Gasteiger charge is 2.26. The normalized spacial score (nSPS) is 23.1. The van der Waals surface area contributed by atoms with Gasteiger partial charge in [0.25, 0.3) is 0 Å². The number of fused-ring (bicyclic) bond motifs is 1. The van der Waals surface area contributed by atoms with Gasteiger partial charge in [-0.05, 0) is 36.0 Å². The molecule has 0 spiro atoms. The summed E-state index contributed by atoms with van der Waals surface area (Å²) in [5.74, 6) is 0.530. The molecule has 0 saturated heterocycles. The fraction of sp³-hybridized carbons (Fsp3) is 0.267. The van der Waals surface area contributed by atoms with Crippen LogP contribution >= 0.6 is 0 Å². The Balaban J connectivity index is 1.94. The second kappa shape index (κ2) is 4.30. The SMILES string of the molecule is N[C@@H]1C[C@@H](c2ccccc2)Cc2cccnc21. The Bertz CT molecular complexity index is 507. The van der Waals surface area contributed by atoms with Gasteiger partial charge in [0.15, 0.2) is 0 Å². The number of nitrogens with zero attached hydrogens (tertiary/aromatic N) is 1. The number of hydrogen-bond acceptors (Lipinski definition) is 2. The van der Waals surface area contributed by atoms with Crippen LogP contribution in [-0.4, -0.2) is 4.98 Å². The first-order valence-electron chi connectivity index (χ1n) is 6.09. The molecule has 1 aromatic carbocycles. The molecule has 0 bridgehead atoms.